The van der Waals surface area contributed by atoms with Gasteiger partial charge in [-0.05, 0) is 0 Å². The van der Waals surface area contributed by atoms with Gasteiger partial charge in [0.05, 0.1) is 0 Å². The molecule has 6 nitrogen and oxygen atoms in total. The highest BCUT2D eigenvalue weighted by Gasteiger charge is 2.81. The van der Waals surface area contributed by atoms with Crippen LogP contribution in [-0.2, 0) is 0 Å². The molecule has 0 aliphatic carbocycles. The van der Waals surface area contributed by atoms with Gasteiger partial charge in [-0.3, -0.25) is 20.2 Å². The number of hydrogen-bond acceptors (Lipinski definition) is 4. The van der Waals surface area contributed by atoms with Gasteiger partial charge in [-0.1, -0.05) is 4.39 Å². The van der Waals surface area contributed by atoms with Gasteiger partial charge in [-0.2, -0.15) is 13.2 Å². The molecule has 10 heteroatoms. The minimum atomic E-state index is -6.17. The summed E-state index contributed by atoms with van der Waals surface area (Å²) >= 11 is 0. The minimum Gasteiger partial charge on any atom is -0.256 e. The molecule has 0 bridgehead atoms. The van der Waals surface area contributed by atoms with Crippen molar-refractivity contribution in [3.8, 4) is 0 Å². The van der Waals surface area contributed by atoms with Crippen LogP contribution in [0.4, 0.5) is 17.6 Å². The molecule has 0 amide bonds. The molecule has 0 aromatic heterocycles. The van der Waals surface area contributed by atoms with Crippen LogP contribution < -0.4 is 0 Å². The Morgan fingerprint density at radius 1 is 0.917 bits per heavy atom. The average molecular weight is 192 g/mol. The van der Waals surface area contributed by atoms with E-state index in [-0.39, 0.29) is 0 Å². The number of halogens is 4. The molecular weight excluding hydrogens is 192 g/mol. The largest absolute Gasteiger partial charge is 0.712 e. The van der Waals surface area contributed by atoms with Crippen LogP contribution in [-0.4, -0.2) is 21.9 Å². The monoisotopic (exact) mass is 192 g/mol. The SMILES string of the molecule is O=[N+]([O-])C(F)([N+](=O)[O-])C(F)(F)F. The summed E-state index contributed by atoms with van der Waals surface area (Å²) in [6.45, 7) is 0. The Labute approximate surface area is 61.1 Å². The fraction of sp³-hybridized carbons (Fsp3) is 1.00. The normalized spacial score (nSPS) is 12.7. The Bertz CT molecular complexity index is 210. The highest BCUT2D eigenvalue weighted by Crippen LogP contribution is 2.34. The summed E-state index contributed by atoms with van der Waals surface area (Å²) in [6.07, 6.45) is -6.17. The van der Waals surface area contributed by atoms with Gasteiger partial charge in [0.2, 0.25) is 0 Å². The van der Waals surface area contributed by atoms with E-state index in [2.05, 4.69) is 0 Å². The van der Waals surface area contributed by atoms with Crippen LogP contribution in [0.1, 0.15) is 0 Å². The first-order chi connectivity index (χ1) is 5.14. The third-order valence-corrected chi connectivity index (χ3v) is 0.845. The number of nitro groups is 2. The number of alkyl halides is 4. The quantitative estimate of drug-likeness (QED) is 0.212. The average Bonchev–Trinajstić information content (AvgIpc) is 1.82. The fourth-order valence-electron chi connectivity index (χ4n) is 0.274. The lowest BCUT2D eigenvalue weighted by atomic mass is 10.5. The molecule has 0 atom stereocenters. The second-order valence-electron chi connectivity index (χ2n) is 1.60. The van der Waals surface area contributed by atoms with Crippen molar-refractivity contribution in [2.75, 3.05) is 0 Å². The number of nitrogens with zero attached hydrogens (tertiary/aromatic N) is 2. The maximum Gasteiger partial charge on any atom is 0.712 e. The fourth-order valence-corrected chi connectivity index (χ4v) is 0.274. The molecule has 70 valence electrons. The third-order valence-electron chi connectivity index (χ3n) is 0.845. The number of rotatable bonds is 2. The summed E-state index contributed by atoms with van der Waals surface area (Å²) in [5.74, 6) is -5.62. The summed E-state index contributed by atoms with van der Waals surface area (Å²) < 4.78 is 46.1. The summed E-state index contributed by atoms with van der Waals surface area (Å²) in [7, 11) is 0. The zero-order valence-corrected chi connectivity index (χ0v) is 5.04. The van der Waals surface area contributed by atoms with Crippen LogP contribution >= 0.6 is 0 Å². The second-order valence-corrected chi connectivity index (χ2v) is 1.60. The third kappa shape index (κ3) is 1.26. The van der Waals surface area contributed by atoms with Crippen molar-refractivity contribution in [2.24, 2.45) is 0 Å². The van der Waals surface area contributed by atoms with Gasteiger partial charge < -0.3 is 0 Å². The van der Waals surface area contributed by atoms with Crippen LogP contribution in [0.5, 0.6) is 0 Å². The highest BCUT2D eigenvalue weighted by molar-refractivity contribution is 4.62. The van der Waals surface area contributed by atoms with Gasteiger partial charge >= 0.3 is 12.1 Å². The minimum absolute atomic E-state index is 2.65. The first kappa shape index (κ1) is 10.5. The standard InChI is InChI=1S/C2F4N2O4/c3-1(4,5)2(6,7(9)10)8(11)12. The van der Waals surface area contributed by atoms with Crippen molar-refractivity contribution in [3.63, 3.8) is 0 Å². The molecule has 0 rings (SSSR count). The van der Waals surface area contributed by atoms with E-state index in [1.165, 1.54) is 0 Å². The van der Waals surface area contributed by atoms with E-state index in [9.17, 15) is 37.8 Å². The van der Waals surface area contributed by atoms with E-state index in [1.807, 2.05) is 0 Å². The van der Waals surface area contributed by atoms with Crippen molar-refractivity contribution in [2.45, 2.75) is 12.1 Å². The predicted octanol–water partition coefficient (Wildman–Crippen LogP) is 0.725. The summed E-state index contributed by atoms with van der Waals surface area (Å²) in [4.78, 5) is 13.5. The van der Waals surface area contributed by atoms with Gasteiger partial charge in [0.15, 0.2) is 0 Å². The molecule has 0 saturated carbocycles. The van der Waals surface area contributed by atoms with Gasteiger partial charge in [0.25, 0.3) is 0 Å². The first-order valence-corrected chi connectivity index (χ1v) is 2.18. The molecule has 12 heavy (non-hydrogen) atoms. The number of hydrogen-bond donors (Lipinski definition) is 0. The smallest absolute Gasteiger partial charge is 0.256 e. The lowest BCUT2D eigenvalue weighted by molar-refractivity contribution is -0.861. The van der Waals surface area contributed by atoms with Gasteiger partial charge in [0.1, 0.15) is 9.85 Å². The van der Waals surface area contributed by atoms with Crippen LogP contribution in [0.2, 0.25) is 0 Å². The van der Waals surface area contributed by atoms with Crippen molar-refractivity contribution < 1.29 is 27.4 Å². The van der Waals surface area contributed by atoms with E-state index in [4.69, 9.17) is 0 Å². The Balaban J connectivity index is 5.17. The zero-order chi connectivity index (χ0) is 10.2. The Morgan fingerprint density at radius 2 is 1.17 bits per heavy atom. The Hall–Kier alpha value is -1.48. The van der Waals surface area contributed by atoms with E-state index in [1.54, 1.807) is 0 Å². The Kier molecular flexibility index (Phi) is 2.22. The topological polar surface area (TPSA) is 86.3 Å². The molecule has 0 saturated heterocycles. The van der Waals surface area contributed by atoms with Crippen LogP contribution in [0.3, 0.4) is 0 Å². The van der Waals surface area contributed by atoms with Crippen molar-refractivity contribution in [1.29, 1.82) is 0 Å². The molecule has 0 unspecified atom stereocenters. The van der Waals surface area contributed by atoms with Crippen LogP contribution in [0.25, 0.3) is 0 Å². The molecular formula is C2F4N2O4. The summed E-state index contributed by atoms with van der Waals surface area (Å²) in [5.41, 5.74) is 0. The summed E-state index contributed by atoms with van der Waals surface area (Å²) in [6, 6.07) is 0. The lowest BCUT2D eigenvalue weighted by Crippen LogP contribution is -2.54. The maximum atomic E-state index is 12.0. The molecule has 0 heterocycles. The molecule has 0 fully saturated rings. The van der Waals surface area contributed by atoms with E-state index >= 15 is 0 Å². The lowest BCUT2D eigenvalue weighted by Gasteiger charge is -2.09. The molecule has 0 aliphatic heterocycles. The molecule has 0 spiro atoms. The highest BCUT2D eigenvalue weighted by atomic mass is 19.4. The van der Waals surface area contributed by atoms with Crippen molar-refractivity contribution in [1.82, 2.24) is 0 Å². The van der Waals surface area contributed by atoms with Crippen LogP contribution in [0.15, 0.2) is 0 Å². The van der Waals surface area contributed by atoms with E-state index in [0.29, 0.717) is 0 Å². The molecule has 0 aromatic carbocycles. The Morgan fingerprint density at radius 3 is 1.17 bits per heavy atom. The van der Waals surface area contributed by atoms with Gasteiger partial charge in [0, 0.05) is 0 Å². The second kappa shape index (κ2) is 2.53. The summed E-state index contributed by atoms with van der Waals surface area (Å²) in [5, 5.41) is 18.8. The van der Waals surface area contributed by atoms with Crippen LogP contribution in [0, 0.1) is 20.2 Å². The zero-order valence-electron chi connectivity index (χ0n) is 5.04. The van der Waals surface area contributed by atoms with Gasteiger partial charge in [-0.15, -0.1) is 0 Å². The molecule has 0 radical (unpaired) electrons. The van der Waals surface area contributed by atoms with E-state index in [0.717, 1.165) is 0 Å². The maximum absolute atomic E-state index is 12.0. The van der Waals surface area contributed by atoms with Gasteiger partial charge in [-0.25, -0.2) is 0 Å². The predicted molar refractivity (Wildman–Crippen MR) is 23.9 cm³/mol. The molecule has 0 aromatic rings. The van der Waals surface area contributed by atoms with Crippen molar-refractivity contribution in [3.05, 3.63) is 20.2 Å². The first-order valence-electron chi connectivity index (χ1n) is 2.18. The van der Waals surface area contributed by atoms with Crippen molar-refractivity contribution >= 4 is 0 Å². The molecule has 0 aliphatic rings. The molecule has 0 N–H and O–H groups in total. The van der Waals surface area contributed by atoms with E-state index < -0.39 is 21.9 Å².